The maximum atomic E-state index is 12.5. The van der Waals surface area contributed by atoms with E-state index in [-0.39, 0.29) is 18.3 Å². The Balaban J connectivity index is 1.63. The van der Waals surface area contributed by atoms with Gasteiger partial charge in [0.15, 0.2) is 6.10 Å². The molecule has 1 heterocycles. The van der Waals surface area contributed by atoms with E-state index in [1.165, 1.54) is 0 Å². The quantitative estimate of drug-likeness (QED) is 0.587. The number of benzene rings is 2. The number of carbonyl (C=O) groups excluding carboxylic acids is 1. The molecule has 1 aromatic heterocycles. The van der Waals surface area contributed by atoms with E-state index in [0.29, 0.717) is 28.6 Å². The van der Waals surface area contributed by atoms with Gasteiger partial charge in [-0.15, -0.1) is 0 Å². The van der Waals surface area contributed by atoms with Gasteiger partial charge in [-0.3, -0.25) is 4.79 Å². The number of rotatable bonds is 8. The summed E-state index contributed by atoms with van der Waals surface area (Å²) in [5.41, 5.74) is 3.87. The minimum absolute atomic E-state index is 0.0871. The van der Waals surface area contributed by atoms with Crippen LogP contribution in [0.4, 0.5) is 0 Å². The minimum atomic E-state index is -0.677. The van der Waals surface area contributed by atoms with Gasteiger partial charge in [0.25, 0.3) is 5.91 Å². The molecule has 8 heteroatoms. The molecule has 31 heavy (non-hydrogen) atoms. The SMILES string of the molecule is COc1ccc(-c2noc(CNC(=O)C(C)Oc3cc(C)cc(C)c3C)n2)c(OC)c1. The topological polar surface area (TPSA) is 95.7 Å². The second-order valence-corrected chi connectivity index (χ2v) is 7.26. The van der Waals surface area contributed by atoms with Crippen LogP contribution in [-0.4, -0.2) is 36.4 Å². The normalized spacial score (nSPS) is 11.7. The number of amides is 1. The first-order chi connectivity index (χ1) is 14.8. The number of nitrogens with one attached hydrogen (secondary N) is 1. The molecular weight excluding hydrogens is 398 g/mol. The van der Waals surface area contributed by atoms with Gasteiger partial charge in [0, 0.05) is 6.07 Å². The number of ether oxygens (including phenoxy) is 3. The van der Waals surface area contributed by atoms with Crippen molar-refractivity contribution in [3.63, 3.8) is 0 Å². The summed E-state index contributed by atoms with van der Waals surface area (Å²) in [5.74, 6) is 2.27. The van der Waals surface area contributed by atoms with Crippen LogP contribution in [0.3, 0.4) is 0 Å². The predicted molar refractivity (Wildman–Crippen MR) is 115 cm³/mol. The zero-order valence-electron chi connectivity index (χ0n) is 18.6. The second kappa shape index (κ2) is 9.51. The van der Waals surface area contributed by atoms with E-state index in [9.17, 15) is 4.79 Å². The van der Waals surface area contributed by atoms with Crippen LogP contribution >= 0.6 is 0 Å². The van der Waals surface area contributed by atoms with Gasteiger partial charge in [0.2, 0.25) is 11.7 Å². The Morgan fingerprint density at radius 2 is 1.87 bits per heavy atom. The van der Waals surface area contributed by atoms with Crippen LogP contribution in [0.5, 0.6) is 17.2 Å². The summed E-state index contributed by atoms with van der Waals surface area (Å²) in [7, 11) is 3.13. The molecule has 2 aromatic carbocycles. The van der Waals surface area contributed by atoms with Gasteiger partial charge < -0.3 is 24.1 Å². The van der Waals surface area contributed by atoms with E-state index < -0.39 is 6.10 Å². The highest BCUT2D eigenvalue weighted by Crippen LogP contribution is 2.31. The van der Waals surface area contributed by atoms with Crippen molar-refractivity contribution < 1.29 is 23.5 Å². The van der Waals surface area contributed by atoms with Gasteiger partial charge >= 0.3 is 0 Å². The average molecular weight is 425 g/mol. The molecule has 0 spiro atoms. The van der Waals surface area contributed by atoms with Crippen molar-refractivity contribution in [2.75, 3.05) is 14.2 Å². The van der Waals surface area contributed by atoms with Gasteiger partial charge in [0.1, 0.15) is 17.2 Å². The van der Waals surface area contributed by atoms with Crippen LogP contribution in [0.1, 0.15) is 29.5 Å². The van der Waals surface area contributed by atoms with Crippen molar-refractivity contribution in [1.82, 2.24) is 15.5 Å². The molecule has 164 valence electrons. The maximum Gasteiger partial charge on any atom is 0.261 e. The van der Waals surface area contributed by atoms with E-state index in [2.05, 4.69) is 21.5 Å². The van der Waals surface area contributed by atoms with Crippen LogP contribution in [0.25, 0.3) is 11.4 Å². The summed E-state index contributed by atoms with van der Waals surface area (Å²) in [6, 6.07) is 9.31. The number of carbonyl (C=O) groups is 1. The second-order valence-electron chi connectivity index (χ2n) is 7.26. The molecular formula is C23H27N3O5. The van der Waals surface area contributed by atoms with Crippen molar-refractivity contribution in [1.29, 1.82) is 0 Å². The van der Waals surface area contributed by atoms with Crippen LogP contribution in [0.15, 0.2) is 34.9 Å². The molecule has 1 atom stereocenters. The third-order valence-electron chi connectivity index (χ3n) is 4.97. The number of nitrogens with zero attached hydrogens (tertiary/aromatic N) is 2. The van der Waals surface area contributed by atoms with Crippen molar-refractivity contribution in [3.8, 4) is 28.6 Å². The number of hydrogen-bond donors (Lipinski definition) is 1. The van der Waals surface area contributed by atoms with Crippen molar-refractivity contribution in [3.05, 3.63) is 52.9 Å². The van der Waals surface area contributed by atoms with Gasteiger partial charge in [-0.2, -0.15) is 4.98 Å². The molecule has 0 aliphatic rings. The molecule has 1 amide bonds. The Hall–Kier alpha value is -3.55. The summed E-state index contributed by atoms with van der Waals surface area (Å²) in [5, 5.41) is 6.75. The summed E-state index contributed by atoms with van der Waals surface area (Å²) in [6.45, 7) is 7.78. The Bertz CT molecular complexity index is 1080. The zero-order valence-corrected chi connectivity index (χ0v) is 18.6. The molecule has 0 radical (unpaired) electrons. The van der Waals surface area contributed by atoms with Crippen LogP contribution < -0.4 is 19.5 Å². The summed E-state index contributed by atoms with van der Waals surface area (Å²) in [4.78, 5) is 16.8. The van der Waals surface area contributed by atoms with Crippen LogP contribution in [0, 0.1) is 20.8 Å². The highest BCUT2D eigenvalue weighted by molar-refractivity contribution is 5.80. The zero-order chi connectivity index (χ0) is 22.5. The molecule has 8 nitrogen and oxygen atoms in total. The molecule has 0 bridgehead atoms. The molecule has 3 rings (SSSR count). The fourth-order valence-electron chi connectivity index (χ4n) is 3.09. The first-order valence-corrected chi connectivity index (χ1v) is 9.89. The van der Waals surface area contributed by atoms with Crippen LogP contribution in [0.2, 0.25) is 0 Å². The van der Waals surface area contributed by atoms with E-state index in [1.54, 1.807) is 39.3 Å². The predicted octanol–water partition coefficient (Wildman–Crippen LogP) is 3.76. The molecule has 0 fully saturated rings. The van der Waals surface area contributed by atoms with Crippen molar-refractivity contribution >= 4 is 5.91 Å². The van der Waals surface area contributed by atoms with E-state index in [0.717, 1.165) is 16.7 Å². The van der Waals surface area contributed by atoms with Gasteiger partial charge in [-0.1, -0.05) is 11.2 Å². The fourth-order valence-corrected chi connectivity index (χ4v) is 3.09. The van der Waals surface area contributed by atoms with Crippen molar-refractivity contribution in [2.24, 2.45) is 0 Å². The highest BCUT2D eigenvalue weighted by atomic mass is 16.5. The Labute approximate surface area is 181 Å². The molecule has 0 aliphatic heterocycles. The molecule has 3 aromatic rings. The lowest BCUT2D eigenvalue weighted by Gasteiger charge is -2.17. The number of hydrogen-bond acceptors (Lipinski definition) is 7. The van der Waals surface area contributed by atoms with E-state index in [1.807, 2.05) is 26.8 Å². The van der Waals surface area contributed by atoms with Gasteiger partial charge in [0.05, 0.1) is 26.3 Å². The van der Waals surface area contributed by atoms with E-state index in [4.69, 9.17) is 18.7 Å². The fraction of sp³-hybridized carbons (Fsp3) is 0.348. The average Bonchev–Trinajstić information content (AvgIpc) is 3.23. The summed E-state index contributed by atoms with van der Waals surface area (Å²) >= 11 is 0. The third-order valence-corrected chi connectivity index (χ3v) is 4.97. The Kier molecular flexibility index (Phi) is 6.79. The Morgan fingerprint density at radius 3 is 2.58 bits per heavy atom. The van der Waals surface area contributed by atoms with E-state index >= 15 is 0 Å². The van der Waals surface area contributed by atoms with Gasteiger partial charge in [-0.05, 0) is 62.6 Å². The molecule has 0 saturated heterocycles. The summed E-state index contributed by atoms with van der Waals surface area (Å²) < 4.78 is 21.7. The molecule has 1 N–H and O–H groups in total. The van der Waals surface area contributed by atoms with Crippen LogP contribution in [-0.2, 0) is 11.3 Å². The molecule has 0 saturated carbocycles. The lowest BCUT2D eigenvalue weighted by Crippen LogP contribution is -2.36. The highest BCUT2D eigenvalue weighted by Gasteiger charge is 2.19. The maximum absolute atomic E-state index is 12.5. The molecule has 1 unspecified atom stereocenters. The number of aromatic nitrogens is 2. The van der Waals surface area contributed by atoms with Crippen molar-refractivity contribution in [2.45, 2.75) is 40.3 Å². The lowest BCUT2D eigenvalue weighted by molar-refractivity contribution is -0.127. The standard InChI is InChI=1S/C23H27N3O5/c1-13-9-14(2)15(3)19(10-13)30-16(4)23(27)24-12-21-25-22(26-31-21)18-8-7-17(28-5)11-20(18)29-6/h7-11,16H,12H2,1-6H3,(H,24,27). The number of aryl methyl sites for hydroxylation is 2. The lowest BCUT2D eigenvalue weighted by atomic mass is 10.1. The number of methoxy groups -OCH3 is 2. The Morgan fingerprint density at radius 1 is 1.10 bits per heavy atom. The monoisotopic (exact) mass is 425 g/mol. The largest absolute Gasteiger partial charge is 0.497 e. The smallest absolute Gasteiger partial charge is 0.261 e. The first kappa shape index (κ1) is 22.1. The first-order valence-electron chi connectivity index (χ1n) is 9.89. The third kappa shape index (κ3) is 5.14. The van der Waals surface area contributed by atoms with Gasteiger partial charge in [-0.25, -0.2) is 0 Å². The molecule has 0 aliphatic carbocycles. The minimum Gasteiger partial charge on any atom is -0.497 e. The summed E-state index contributed by atoms with van der Waals surface area (Å²) in [6.07, 6.45) is -0.677.